The summed E-state index contributed by atoms with van der Waals surface area (Å²) >= 11 is 0. The molecule has 3 N–H and O–H groups in total. The molecule has 2 rings (SSSR count). The summed E-state index contributed by atoms with van der Waals surface area (Å²) in [6.07, 6.45) is 4.94. The van der Waals surface area contributed by atoms with Crippen LogP contribution in [0.3, 0.4) is 0 Å². The number of nitrogens with zero attached hydrogens (tertiary/aromatic N) is 2. The molecule has 0 bridgehead atoms. The number of nitrogens with two attached hydrogens (primary N) is 1. The zero-order chi connectivity index (χ0) is 13.0. The van der Waals surface area contributed by atoms with E-state index in [0.717, 1.165) is 5.56 Å². The number of nitrogens with one attached hydrogen (secondary N) is 1. The van der Waals surface area contributed by atoms with Gasteiger partial charge in [0.1, 0.15) is 5.82 Å². The second kappa shape index (κ2) is 5.27. The molecule has 2 aromatic heterocycles. The summed E-state index contributed by atoms with van der Waals surface area (Å²) in [4.78, 5) is 19.8. The lowest BCUT2D eigenvalue weighted by atomic mass is 10.1. The second-order valence-electron chi connectivity index (χ2n) is 3.91. The Morgan fingerprint density at radius 2 is 2.00 bits per heavy atom. The van der Waals surface area contributed by atoms with Crippen LogP contribution in [0.1, 0.15) is 28.9 Å². The molecular weight excluding hydrogens is 228 g/mol. The molecule has 0 fully saturated rings. The number of carbonyl (C=O) groups excluding carboxylic acids is 1. The molecule has 0 saturated heterocycles. The Bertz CT molecular complexity index is 542. The number of hydrogen-bond donors (Lipinski definition) is 2. The first-order chi connectivity index (χ1) is 8.68. The molecule has 1 atom stereocenters. The molecule has 1 amide bonds. The number of nitrogen functional groups attached to an aromatic ring is 1. The summed E-state index contributed by atoms with van der Waals surface area (Å²) < 4.78 is 0. The molecule has 0 radical (unpaired) electrons. The van der Waals surface area contributed by atoms with Crippen molar-refractivity contribution in [3.8, 4) is 0 Å². The summed E-state index contributed by atoms with van der Waals surface area (Å²) in [5.41, 5.74) is 7.03. The number of anilines is 1. The van der Waals surface area contributed by atoms with E-state index in [-0.39, 0.29) is 17.8 Å². The predicted molar refractivity (Wildman–Crippen MR) is 68.8 cm³/mol. The van der Waals surface area contributed by atoms with Gasteiger partial charge in [0.25, 0.3) is 5.91 Å². The van der Waals surface area contributed by atoms with Gasteiger partial charge in [-0.1, -0.05) is 0 Å². The smallest absolute Gasteiger partial charge is 0.255 e. The first kappa shape index (κ1) is 12.0. The zero-order valence-electron chi connectivity index (χ0n) is 10.00. The molecule has 5 nitrogen and oxygen atoms in total. The van der Waals surface area contributed by atoms with E-state index in [2.05, 4.69) is 15.3 Å². The third-order valence-electron chi connectivity index (χ3n) is 2.64. The largest absolute Gasteiger partial charge is 0.383 e. The molecule has 18 heavy (non-hydrogen) atoms. The number of rotatable bonds is 3. The van der Waals surface area contributed by atoms with Crippen molar-refractivity contribution in [1.29, 1.82) is 0 Å². The van der Waals surface area contributed by atoms with E-state index in [4.69, 9.17) is 5.73 Å². The number of pyridine rings is 2. The van der Waals surface area contributed by atoms with Crippen molar-refractivity contribution in [2.75, 3.05) is 5.73 Å². The molecule has 1 unspecified atom stereocenters. The van der Waals surface area contributed by atoms with Gasteiger partial charge in [-0.15, -0.1) is 0 Å². The normalized spacial score (nSPS) is 11.8. The summed E-state index contributed by atoms with van der Waals surface area (Å²) in [6.45, 7) is 1.90. The Labute approximate surface area is 105 Å². The molecule has 0 aliphatic carbocycles. The fraction of sp³-hybridized carbons (Fsp3) is 0.154. The standard InChI is InChI=1S/C13H14N4O/c1-9(10-4-7-15-8-5-10)17-13(18)11-3-2-6-16-12(11)14/h2-9H,1H3,(H2,14,16)(H,17,18). The first-order valence-electron chi connectivity index (χ1n) is 5.60. The fourth-order valence-corrected chi connectivity index (χ4v) is 1.62. The van der Waals surface area contributed by atoms with E-state index < -0.39 is 0 Å². The van der Waals surface area contributed by atoms with Crippen LogP contribution in [0.4, 0.5) is 5.82 Å². The van der Waals surface area contributed by atoms with Crippen molar-refractivity contribution in [3.05, 3.63) is 54.0 Å². The Kier molecular flexibility index (Phi) is 3.52. The van der Waals surface area contributed by atoms with Gasteiger partial charge in [0.15, 0.2) is 0 Å². The number of carbonyl (C=O) groups is 1. The summed E-state index contributed by atoms with van der Waals surface area (Å²) in [6, 6.07) is 6.94. The van der Waals surface area contributed by atoms with Crippen molar-refractivity contribution in [2.24, 2.45) is 0 Å². The van der Waals surface area contributed by atoms with Gasteiger partial charge in [-0.05, 0) is 36.8 Å². The number of amides is 1. The molecular formula is C13H14N4O. The van der Waals surface area contributed by atoms with Gasteiger partial charge in [-0.2, -0.15) is 0 Å². The minimum atomic E-state index is -0.232. The van der Waals surface area contributed by atoms with Crippen molar-refractivity contribution in [1.82, 2.24) is 15.3 Å². The van der Waals surface area contributed by atoms with E-state index in [9.17, 15) is 4.79 Å². The Balaban J connectivity index is 2.11. The topological polar surface area (TPSA) is 80.9 Å². The first-order valence-corrected chi connectivity index (χ1v) is 5.60. The van der Waals surface area contributed by atoms with Crippen LogP contribution >= 0.6 is 0 Å². The van der Waals surface area contributed by atoms with Gasteiger partial charge in [0, 0.05) is 18.6 Å². The van der Waals surface area contributed by atoms with Crippen molar-refractivity contribution >= 4 is 11.7 Å². The highest BCUT2D eigenvalue weighted by Gasteiger charge is 2.13. The molecule has 0 aromatic carbocycles. The molecule has 92 valence electrons. The van der Waals surface area contributed by atoms with Crippen LogP contribution in [0.2, 0.25) is 0 Å². The van der Waals surface area contributed by atoms with Gasteiger partial charge in [0.05, 0.1) is 11.6 Å². The van der Waals surface area contributed by atoms with Crippen LogP contribution in [0.15, 0.2) is 42.9 Å². The summed E-state index contributed by atoms with van der Waals surface area (Å²) in [5.74, 6) is 0.00170. The van der Waals surface area contributed by atoms with Crippen LogP contribution in [-0.4, -0.2) is 15.9 Å². The van der Waals surface area contributed by atoms with Crippen LogP contribution < -0.4 is 11.1 Å². The predicted octanol–water partition coefficient (Wildman–Crippen LogP) is 1.55. The highest BCUT2D eigenvalue weighted by molar-refractivity contribution is 5.98. The SMILES string of the molecule is CC(NC(=O)c1cccnc1N)c1ccncc1. The molecule has 0 saturated carbocycles. The van der Waals surface area contributed by atoms with Gasteiger partial charge in [0.2, 0.25) is 0 Å². The fourth-order valence-electron chi connectivity index (χ4n) is 1.62. The molecule has 5 heteroatoms. The Morgan fingerprint density at radius 3 is 2.67 bits per heavy atom. The van der Waals surface area contributed by atoms with Crippen LogP contribution in [0, 0.1) is 0 Å². The van der Waals surface area contributed by atoms with Gasteiger partial charge in [-0.25, -0.2) is 4.98 Å². The van der Waals surface area contributed by atoms with Crippen LogP contribution in [0.5, 0.6) is 0 Å². The summed E-state index contributed by atoms with van der Waals surface area (Å²) in [5, 5.41) is 2.87. The van der Waals surface area contributed by atoms with Gasteiger partial charge >= 0.3 is 0 Å². The van der Waals surface area contributed by atoms with E-state index in [0.29, 0.717) is 5.56 Å². The molecule has 2 aromatic rings. The highest BCUT2D eigenvalue weighted by Crippen LogP contribution is 2.13. The molecule has 0 spiro atoms. The van der Waals surface area contributed by atoms with Crippen molar-refractivity contribution < 1.29 is 4.79 Å². The zero-order valence-corrected chi connectivity index (χ0v) is 10.00. The lowest BCUT2D eigenvalue weighted by Gasteiger charge is -2.14. The van der Waals surface area contributed by atoms with Crippen LogP contribution in [0.25, 0.3) is 0 Å². The average Bonchev–Trinajstić information content (AvgIpc) is 2.40. The Hall–Kier alpha value is -2.43. The lowest BCUT2D eigenvalue weighted by Crippen LogP contribution is -2.27. The van der Waals surface area contributed by atoms with E-state index in [1.54, 1.807) is 30.7 Å². The molecule has 0 aliphatic heterocycles. The minimum absolute atomic E-state index is 0.111. The maximum Gasteiger partial charge on any atom is 0.255 e. The van der Waals surface area contributed by atoms with E-state index in [1.807, 2.05) is 19.1 Å². The monoisotopic (exact) mass is 242 g/mol. The second-order valence-corrected chi connectivity index (χ2v) is 3.91. The summed E-state index contributed by atoms with van der Waals surface area (Å²) in [7, 11) is 0. The van der Waals surface area contributed by atoms with E-state index in [1.165, 1.54) is 0 Å². The Morgan fingerprint density at radius 1 is 1.28 bits per heavy atom. The van der Waals surface area contributed by atoms with Crippen molar-refractivity contribution in [2.45, 2.75) is 13.0 Å². The third-order valence-corrected chi connectivity index (χ3v) is 2.64. The van der Waals surface area contributed by atoms with Gasteiger partial charge < -0.3 is 11.1 Å². The van der Waals surface area contributed by atoms with E-state index >= 15 is 0 Å². The highest BCUT2D eigenvalue weighted by atomic mass is 16.1. The number of hydrogen-bond acceptors (Lipinski definition) is 4. The minimum Gasteiger partial charge on any atom is -0.383 e. The molecule has 2 heterocycles. The number of aromatic nitrogens is 2. The van der Waals surface area contributed by atoms with Crippen molar-refractivity contribution in [3.63, 3.8) is 0 Å². The van der Waals surface area contributed by atoms with Gasteiger partial charge in [-0.3, -0.25) is 9.78 Å². The lowest BCUT2D eigenvalue weighted by molar-refractivity contribution is 0.0940. The maximum absolute atomic E-state index is 12.0. The molecule has 0 aliphatic rings. The average molecular weight is 242 g/mol. The van der Waals surface area contributed by atoms with Crippen LogP contribution in [-0.2, 0) is 0 Å². The quantitative estimate of drug-likeness (QED) is 0.855. The third kappa shape index (κ3) is 2.63. The maximum atomic E-state index is 12.0.